The van der Waals surface area contributed by atoms with Crippen molar-refractivity contribution < 1.29 is 4.79 Å². The molecule has 0 heterocycles. The molecule has 0 aliphatic rings. The van der Waals surface area contributed by atoms with Crippen molar-refractivity contribution in [1.29, 1.82) is 0 Å². The molecule has 0 fully saturated rings. The summed E-state index contributed by atoms with van der Waals surface area (Å²) in [5.41, 5.74) is 5.03. The van der Waals surface area contributed by atoms with Gasteiger partial charge in [0.25, 0.3) is 0 Å². The van der Waals surface area contributed by atoms with E-state index in [1.54, 1.807) is 0 Å². The number of hydrogen-bond acceptors (Lipinski definition) is 1. The Morgan fingerprint density at radius 3 is 2.24 bits per heavy atom. The number of aryl methyl sites for hydroxylation is 3. The van der Waals surface area contributed by atoms with E-state index in [4.69, 9.17) is 0 Å². The molecular formula is C15H23NO. The van der Waals surface area contributed by atoms with Crippen molar-refractivity contribution in [2.24, 2.45) is 5.92 Å². The lowest BCUT2D eigenvalue weighted by atomic mass is 9.99. The van der Waals surface area contributed by atoms with Crippen LogP contribution in [0.25, 0.3) is 0 Å². The monoisotopic (exact) mass is 233 g/mol. The first-order valence-electron chi connectivity index (χ1n) is 6.30. The quantitative estimate of drug-likeness (QED) is 0.849. The molecule has 0 aliphatic carbocycles. The predicted molar refractivity (Wildman–Crippen MR) is 72.0 cm³/mol. The highest BCUT2D eigenvalue weighted by atomic mass is 16.1. The molecule has 0 aliphatic heterocycles. The van der Waals surface area contributed by atoms with Gasteiger partial charge in [-0.15, -0.1) is 0 Å². The third-order valence-corrected chi connectivity index (χ3v) is 3.34. The summed E-state index contributed by atoms with van der Waals surface area (Å²) in [6.45, 7) is 10.9. The van der Waals surface area contributed by atoms with Crippen LogP contribution in [0.15, 0.2) is 12.1 Å². The molecule has 1 atom stereocenters. The minimum absolute atomic E-state index is 0.0982. The minimum Gasteiger partial charge on any atom is -0.352 e. The van der Waals surface area contributed by atoms with E-state index in [-0.39, 0.29) is 11.8 Å². The van der Waals surface area contributed by atoms with E-state index in [2.05, 4.69) is 38.2 Å². The predicted octanol–water partition coefficient (Wildman–Crippen LogP) is 3.27. The van der Waals surface area contributed by atoms with Gasteiger partial charge in [0, 0.05) is 12.5 Å². The molecule has 0 saturated heterocycles. The molecule has 2 nitrogen and oxygen atoms in total. The fraction of sp³-hybridized carbons (Fsp3) is 0.533. The Hall–Kier alpha value is -1.31. The van der Waals surface area contributed by atoms with E-state index in [9.17, 15) is 4.79 Å². The molecule has 1 aromatic rings. The van der Waals surface area contributed by atoms with Gasteiger partial charge in [-0.05, 0) is 43.9 Å². The highest BCUT2D eigenvalue weighted by Gasteiger charge is 2.11. The number of carbonyl (C=O) groups is 1. The summed E-state index contributed by atoms with van der Waals surface area (Å²) in [4.78, 5) is 11.7. The normalized spacial score (nSPS) is 12.3. The summed E-state index contributed by atoms with van der Waals surface area (Å²) < 4.78 is 0. The van der Waals surface area contributed by atoms with Gasteiger partial charge in [-0.2, -0.15) is 0 Å². The van der Waals surface area contributed by atoms with Crippen LogP contribution in [0, 0.1) is 26.7 Å². The van der Waals surface area contributed by atoms with Gasteiger partial charge < -0.3 is 5.32 Å². The minimum atomic E-state index is 0.0982. The van der Waals surface area contributed by atoms with E-state index >= 15 is 0 Å². The van der Waals surface area contributed by atoms with E-state index in [1.807, 2.05) is 13.8 Å². The number of hydrogen-bond donors (Lipinski definition) is 1. The Kier molecular flexibility index (Phi) is 4.73. The first-order chi connectivity index (χ1) is 7.95. The average molecular weight is 233 g/mol. The number of nitrogens with one attached hydrogen (secondary N) is 1. The van der Waals surface area contributed by atoms with Gasteiger partial charge in [-0.1, -0.05) is 31.5 Å². The zero-order chi connectivity index (χ0) is 13.0. The van der Waals surface area contributed by atoms with E-state index in [0.717, 1.165) is 6.42 Å². The molecule has 0 unspecified atom stereocenters. The Bertz CT molecular complexity index is 386. The number of amides is 1. The Balaban J connectivity index is 2.73. The molecule has 0 radical (unpaired) electrons. The first kappa shape index (κ1) is 13.8. The molecule has 94 valence electrons. The van der Waals surface area contributed by atoms with Gasteiger partial charge in [0.2, 0.25) is 5.91 Å². The first-order valence-corrected chi connectivity index (χ1v) is 6.30. The van der Waals surface area contributed by atoms with Crippen molar-refractivity contribution in [3.63, 3.8) is 0 Å². The molecule has 1 rings (SSSR count). The molecule has 0 bridgehead atoms. The highest BCUT2D eigenvalue weighted by molar-refractivity contribution is 5.78. The molecule has 17 heavy (non-hydrogen) atoms. The summed E-state index contributed by atoms with van der Waals surface area (Å²) in [7, 11) is 0. The van der Waals surface area contributed by atoms with Crippen LogP contribution in [0.2, 0.25) is 0 Å². The van der Waals surface area contributed by atoms with Gasteiger partial charge >= 0.3 is 0 Å². The lowest BCUT2D eigenvalue weighted by Gasteiger charge is -2.14. The molecule has 0 saturated carbocycles. The van der Waals surface area contributed by atoms with Crippen LogP contribution in [-0.2, 0) is 11.3 Å². The van der Waals surface area contributed by atoms with Crippen molar-refractivity contribution in [2.75, 3.05) is 0 Å². The number of benzene rings is 1. The largest absolute Gasteiger partial charge is 0.352 e. The van der Waals surface area contributed by atoms with Crippen molar-refractivity contribution in [2.45, 2.75) is 47.6 Å². The smallest absolute Gasteiger partial charge is 0.223 e. The zero-order valence-electron chi connectivity index (χ0n) is 11.6. The summed E-state index contributed by atoms with van der Waals surface area (Å²) in [6.07, 6.45) is 0.887. The maximum atomic E-state index is 11.7. The summed E-state index contributed by atoms with van der Waals surface area (Å²) in [5.74, 6) is 0.243. The third kappa shape index (κ3) is 3.58. The third-order valence-electron chi connectivity index (χ3n) is 3.34. The van der Waals surface area contributed by atoms with Gasteiger partial charge in [-0.3, -0.25) is 4.79 Å². The van der Waals surface area contributed by atoms with Crippen LogP contribution in [0.1, 0.15) is 42.5 Å². The van der Waals surface area contributed by atoms with Crippen LogP contribution in [0.5, 0.6) is 0 Å². The second-order valence-electron chi connectivity index (χ2n) is 4.90. The SMILES string of the molecule is CC[C@@H](C)C(=O)NCc1c(C)cc(C)cc1C. The average Bonchev–Trinajstić information content (AvgIpc) is 2.26. The molecule has 0 aromatic heterocycles. The lowest BCUT2D eigenvalue weighted by Crippen LogP contribution is -2.28. The second kappa shape index (κ2) is 5.85. The van der Waals surface area contributed by atoms with Crippen molar-refractivity contribution in [1.82, 2.24) is 5.32 Å². The maximum absolute atomic E-state index is 11.7. The van der Waals surface area contributed by atoms with Crippen LogP contribution >= 0.6 is 0 Å². The van der Waals surface area contributed by atoms with Gasteiger partial charge in [-0.25, -0.2) is 0 Å². The Morgan fingerprint density at radius 2 is 1.76 bits per heavy atom. The fourth-order valence-electron chi connectivity index (χ4n) is 2.02. The summed E-state index contributed by atoms with van der Waals surface area (Å²) in [6, 6.07) is 4.33. The van der Waals surface area contributed by atoms with E-state index < -0.39 is 0 Å². The number of carbonyl (C=O) groups excluding carboxylic acids is 1. The van der Waals surface area contributed by atoms with Crippen LogP contribution in [-0.4, -0.2) is 5.91 Å². The highest BCUT2D eigenvalue weighted by Crippen LogP contribution is 2.16. The number of rotatable bonds is 4. The molecule has 1 aromatic carbocycles. The summed E-state index contributed by atoms with van der Waals surface area (Å²) in [5, 5.41) is 3.01. The standard InChI is InChI=1S/C15H23NO/c1-6-11(3)15(17)16-9-14-12(4)7-10(2)8-13(14)5/h7-8,11H,6,9H2,1-5H3,(H,16,17)/t11-/m1/s1. The molecule has 1 amide bonds. The molecule has 0 spiro atoms. The lowest BCUT2D eigenvalue weighted by molar-refractivity contribution is -0.124. The van der Waals surface area contributed by atoms with Crippen LogP contribution < -0.4 is 5.32 Å². The maximum Gasteiger partial charge on any atom is 0.223 e. The van der Waals surface area contributed by atoms with Gasteiger partial charge in [0.05, 0.1) is 0 Å². The van der Waals surface area contributed by atoms with Gasteiger partial charge in [0.15, 0.2) is 0 Å². The van der Waals surface area contributed by atoms with Crippen LogP contribution in [0.4, 0.5) is 0 Å². The molecule has 1 N–H and O–H groups in total. The van der Waals surface area contributed by atoms with Crippen LogP contribution in [0.3, 0.4) is 0 Å². The zero-order valence-corrected chi connectivity index (χ0v) is 11.6. The Morgan fingerprint density at radius 1 is 1.24 bits per heavy atom. The van der Waals surface area contributed by atoms with Gasteiger partial charge in [0.1, 0.15) is 0 Å². The van der Waals surface area contributed by atoms with E-state index in [1.165, 1.54) is 22.3 Å². The van der Waals surface area contributed by atoms with E-state index in [0.29, 0.717) is 6.54 Å². The van der Waals surface area contributed by atoms with Crippen molar-refractivity contribution >= 4 is 5.91 Å². The Labute approximate surface area is 104 Å². The molecule has 2 heteroatoms. The van der Waals surface area contributed by atoms with Crippen molar-refractivity contribution in [3.05, 3.63) is 34.4 Å². The fourth-order valence-corrected chi connectivity index (χ4v) is 2.02. The second-order valence-corrected chi connectivity index (χ2v) is 4.90. The summed E-state index contributed by atoms with van der Waals surface area (Å²) >= 11 is 0. The molecular weight excluding hydrogens is 210 g/mol. The van der Waals surface area contributed by atoms with Crippen molar-refractivity contribution in [3.8, 4) is 0 Å². The topological polar surface area (TPSA) is 29.1 Å².